The van der Waals surface area contributed by atoms with Gasteiger partial charge in [0.05, 0.1) is 13.5 Å². The van der Waals surface area contributed by atoms with Gasteiger partial charge in [-0.2, -0.15) is 13.2 Å². The number of amides is 3. The van der Waals surface area contributed by atoms with Gasteiger partial charge in [-0.05, 0) is 31.2 Å². The van der Waals surface area contributed by atoms with Crippen molar-refractivity contribution >= 4 is 29.6 Å². The number of likely N-dealkylation sites (N-methyl/N-ethyl adjacent to an activating group) is 1. The second-order valence-corrected chi connectivity index (χ2v) is 10.4. The van der Waals surface area contributed by atoms with Crippen LogP contribution in [0.1, 0.15) is 45.6 Å². The number of nitrogens with one attached hydrogen (secondary N) is 1. The molecular weight excluding hydrogens is 533 g/mol. The maximum absolute atomic E-state index is 13.9. The molecule has 0 spiro atoms. The van der Waals surface area contributed by atoms with Crippen LogP contribution in [0.4, 0.5) is 13.2 Å². The molecule has 10 nitrogen and oxygen atoms in total. The maximum atomic E-state index is 13.9. The van der Waals surface area contributed by atoms with Gasteiger partial charge in [0.2, 0.25) is 11.8 Å². The van der Waals surface area contributed by atoms with E-state index in [4.69, 9.17) is 0 Å². The lowest BCUT2D eigenvalue weighted by molar-refractivity contribution is -0.147. The van der Waals surface area contributed by atoms with Crippen LogP contribution in [-0.2, 0) is 30.3 Å². The summed E-state index contributed by atoms with van der Waals surface area (Å²) in [6.45, 7) is 5.34. The Morgan fingerprint density at radius 2 is 1.70 bits per heavy atom. The summed E-state index contributed by atoms with van der Waals surface area (Å²) < 4.78 is 45.3. The number of aliphatic carboxylic acids is 1. The minimum Gasteiger partial charge on any atom is -0.481 e. The maximum Gasteiger partial charge on any atom is 0.468 e. The fourth-order valence-corrected chi connectivity index (χ4v) is 4.83. The molecule has 0 radical (unpaired) electrons. The summed E-state index contributed by atoms with van der Waals surface area (Å²) in [4.78, 5) is 57.9. The molecule has 1 aliphatic rings. The second-order valence-electron chi connectivity index (χ2n) is 10.4. The molecule has 0 saturated carbocycles. The summed E-state index contributed by atoms with van der Waals surface area (Å²) in [6, 6.07) is 5.69. The van der Waals surface area contributed by atoms with Crippen molar-refractivity contribution in [2.24, 2.45) is 10.9 Å². The Hall–Kier alpha value is -3.64. The lowest BCUT2D eigenvalue weighted by Gasteiger charge is -2.37. The normalized spacial score (nSPS) is 17.1. The molecule has 1 fully saturated rings. The molecule has 1 heterocycles. The minimum absolute atomic E-state index is 0.235. The lowest BCUT2D eigenvalue weighted by Crippen LogP contribution is -2.59. The van der Waals surface area contributed by atoms with E-state index in [1.807, 2.05) is 0 Å². The first-order chi connectivity index (χ1) is 18.6. The molecule has 1 aromatic rings. The van der Waals surface area contributed by atoms with E-state index in [2.05, 4.69) is 15.0 Å². The van der Waals surface area contributed by atoms with Gasteiger partial charge in [-0.25, -0.2) is 4.99 Å². The fraction of sp³-hybridized carbons (Fsp3) is 0.593. The molecule has 13 heteroatoms. The van der Waals surface area contributed by atoms with Crippen LogP contribution in [0.3, 0.4) is 0 Å². The molecule has 1 aliphatic heterocycles. The van der Waals surface area contributed by atoms with Crippen LogP contribution in [0.5, 0.6) is 0 Å². The molecule has 3 amide bonds. The number of ether oxygens (including phenoxy) is 1. The van der Waals surface area contributed by atoms with Crippen LogP contribution < -0.4 is 5.32 Å². The van der Waals surface area contributed by atoms with Crippen LogP contribution in [0.2, 0.25) is 0 Å². The molecule has 1 unspecified atom stereocenters. The number of carboxylic acids is 1. The smallest absolute Gasteiger partial charge is 0.468 e. The first-order valence-electron chi connectivity index (χ1n) is 12.9. The van der Waals surface area contributed by atoms with Gasteiger partial charge in [0.1, 0.15) is 17.6 Å². The summed E-state index contributed by atoms with van der Waals surface area (Å²) in [5.74, 6) is -5.71. The number of carbonyl (C=O) groups excluding carboxylic acids is 3. The fourth-order valence-electron chi connectivity index (χ4n) is 4.83. The van der Waals surface area contributed by atoms with Crippen molar-refractivity contribution in [1.29, 1.82) is 0 Å². The van der Waals surface area contributed by atoms with E-state index in [9.17, 15) is 37.5 Å². The zero-order valence-corrected chi connectivity index (χ0v) is 23.3. The zero-order chi connectivity index (χ0) is 30.3. The van der Waals surface area contributed by atoms with E-state index in [1.165, 1.54) is 18.9 Å². The van der Waals surface area contributed by atoms with E-state index in [0.717, 1.165) is 24.9 Å². The quantitative estimate of drug-likeness (QED) is 0.311. The van der Waals surface area contributed by atoms with Gasteiger partial charge in [0.15, 0.2) is 0 Å². The summed E-state index contributed by atoms with van der Waals surface area (Å²) in [5, 5.41) is 11.8. The molecular formula is C27H37F3N4O6. The van der Waals surface area contributed by atoms with E-state index in [-0.39, 0.29) is 6.42 Å². The van der Waals surface area contributed by atoms with Gasteiger partial charge in [-0.3, -0.25) is 19.2 Å². The monoisotopic (exact) mass is 570 g/mol. The number of rotatable bonds is 11. The highest BCUT2D eigenvalue weighted by molar-refractivity contribution is 5.96. The Kier molecular flexibility index (Phi) is 11.1. The highest BCUT2D eigenvalue weighted by Crippen LogP contribution is 2.27. The first-order valence-corrected chi connectivity index (χ1v) is 12.9. The summed E-state index contributed by atoms with van der Waals surface area (Å²) in [6.07, 6.45) is -4.36. The van der Waals surface area contributed by atoms with Crippen LogP contribution >= 0.6 is 0 Å². The highest BCUT2D eigenvalue weighted by Gasteiger charge is 2.46. The lowest BCUT2D eigenvalue weighted by atomic mass is 9.90. The van der Waals surface area contributed by atoms with Gasteiger partial charge in [-0.15, -0.1) is 0 Å². The minimum atomic E-state index is -4.97. The number of carboxylic acid groups (broad SMARTS) is 1. The molecule has 222 valence electrons. The number of aliphatic imine (C=N–C) groups is 1. The highest BCUT2D eigenvalue weighted by atomic mass is 19.4. The van der Waals surface area contributed by atoms with E-state index in [0.29, 0.717) is 18.7 Å². The zero-order valence-electron chi connectivity index (χ0n) is 23.3. The standard InChI is InChI=1S/C27H37F3N4O6/c1-17(2)21(22(37)31-19(15-20(35)36)23(38)34-13-9-10-14-34)33(4)25(39)26(3,16-18-11-7-6-8-12-18)32-24(40-5)27(28,29)30/h6-8,11-12,17,19,21H,9-10,13-16H2,1-5H3,(H,31,37)(H,35,36)/t19-,21-,26?/m0/s1. The third-order valence-electron chi connectivity index (χ3n) is 6.68. The van der Waals surface area contributed by atoms with Crippen molar-refractivity contribution in [3.63, 3.8) is 0 Å². The van der Waals surface area contributed by atoms with Crippen LogP contribution in [0, 0.1) is 5.92 Å². The first kappa shape index (κ1) is 32.6. The second kappa shape index (κ2) is 13.6. The van der Waals surface area contributed by atoms with Gasteiger partial charge >= 0.3 is 12.1 Å². The van der Waals surface area contributed by atoms with Crippen LogP contribution in [0.15, 0.2) is 35.3 Å². The number of nitrogens with zero attached hydrogens (tertiary/aromatic N) is 3. The van der Waals surface area contributed by atoms with Crippen molar-refractivity contribution in [3.05, 3.63) is 35.9 Å². The molecule has 1 aromatic carbocycles. The molecule has 1 saturated heterocycles. The molecule has 0 aromatic heterocycles. The Bertz CT molecular complexity index is 1090. The molecule has 3 atom stereocenters. The van der Waals surface area contributed by atoms with Gasteiger partial charge in [0, 0.05) is 26.6 Å². The van der Waals surface area contributed by atoms with Crippen molar-refractivity contribution in [3.8, 4) is 0 Å². The number of carbonyl (C=O) groups is 4. The van der Waals surface area contributed by atoms with Crippen LogP contribution in [0.25, 0.3) is 0 Å². The Labute approximate surface area is 231 Å². The summed E-state index contributed by atoms with van der Waals surface area (Å²) in [5.41, 5.74) is -1.51. The number of halogens is 3. The predicted octanol–water partition coefficient (Wildman–Crippen LogP) is 2.66. The SMILES string of the molecule is COC(=NC(C)(Cc1ccccc1)C(=O)N(C)[C@H](C(=O)N[C@@H](CC(=O)O)C(=O)N1CCCC1)C(C)C)C(F)(F)F. The third-order valence-corrected chi connectivity index (χ3v) is 6.68. The van der Waals surface area contributed by atoms with Crippen molar-refractivity contribution in [2.75, 3.05) is 27.2 Å². The van der Waals surface area contributed by atoms with Crippen molar-refractivity contribution in [1.82, 2.24) is 15.1 Å². The molecule has 2 rings (SSSR count). The van der Waals surface area contributed by atoms with Crippen LogP contribution in [-0.4, -0.2) is 95.5 Å². The number of likely N-dealkylation sites (tertiary alicyclic amines) is 1. The third kappa shape index (κ3) is 8.43. The number of methoxy groups -OCH3 is 1. The molecule has 0 bridgehead atoms. The molecule has 0 aliphatic carbocycles. The van der Waals surface area contributed by atoms with Crippen molar-refractivity contribution < 1.29 is 42.2 Å². The number of hydrogen-bond acceptors (Lipinski definition) is 6. The number of alkyl halides is 3. The van der Waals surface area contributed by atoms with Gasteiger partial charge < -0.3 is 25.0 Å². The Morgan fingerprint density at radius 3 is 2.17 bits per heavy atom. The number of benzene rings is 1. The predicted molar refractivity (Wildman–Crippen MR) is 140 cm³/mol. The topological polar surface area (TPSA) is 129 Å². The Morgan fingerprint density at radius 1 is 1.12 bits per heavy atom. The summed E-state index contributed by atoms with van der Waals surface area (Å²) >= 11 is 0. The van der Waals surface area contributed by atoms with Gasteiger partial charge in [-0.1, -0.05) is 44.2 Å². The molecule has 2 N–H and O–H groups in total. The largest absolute Gasteiger partial charge is 0.481 e. The molecule has 40 heavy (non-hydrogen) atoms. The van der Waals surface area contributed by atoms with E-state index in [1.54, 1.807) is 44.2 Å². The van der Waals surface area contributed by atoms with E-state index >= 15 is 0 Å². The van der Waals surface area contributed by atoms with Gasteiger partial charge in [0.25, 0.3) is 11.8 Å². The van der Waals surface area contributed by atoms with Crippen molar-refractivity contribution in [2.45, 2.75) is 70.3 Å². The Balaban J connectivity index is 2.44. The average Bonchev–Trinajstić information content (AvgIpc) is 3.40. The average molecular weight is 571 g/mol. The van der Waals surface area contributed by atoms with E-state index < -0.39 is 65.7 Å². The number of hydrogen-bond donors (Lipinski definition) is 2. The summed E-state index contributed by atoms with van der Waals surface area (Å²) in [7, 11) is 2.06.